The zero-order chi connectivity index (χ0) is 16.1. The molecule has 0 unspecified atom stereocenters. The highest BCUT2D eigenvalue weighted by Crippen LogP contribution is 2.26. The van der Waals surface area contributed by atoms with Crippen molar-refractivity contribution >= 4 is 24.2 Å². The van der Waals surface area contributed by atoms with Crippen LogP contribution in [0.5, 0.6) is 0 Å². The predicted octanol–water partition coefficient (Wildman–Crippen LogP) is 2.05. The number of nitrogens with one attached hydrogen (secondary N) is 1. The molecule has 2 atom stereocenters. The molecule has 0 aromatic rings. The number of rotatable bonds is 5. The van der Waals surface area contributed by atoms with E-state index in [1.165, 1.54) is 6.42 Å². The molecule has 0 saturated carbocycles. The Labute approximate surface area is 146 Å². The first kappa shape index (κ1) is 20.2. The summed E-state index contributed by atoms with van der Waals surface area (Å²) in [6, 6.07) is -0.273. The normalized spacial score (nSPS) is 23.5. The summed E-state index contributed by atoms with van der Waals surface area (Å²) in [6.45, 7) is 6.89. The largest absolute Gasteiger partial charge is 0.358 e. The lowest BCUT2D eigenvalue weighted by molar-refractivity contribution is -0.139. The van der Waals surface area contributed by atoms with Crippen LogP contribution < -0.4 is 5.32 Å². The van der Waals surface area contributed by atoms with Crippen molar-refractivity contribution in [2.75, 3.05) is 26.7 Å². The van der Waals surface area contributed by atoms with Crippen LogP contribution in [0.15, 0.2) is 0 Å². The lowest BCUT2D eigenvalue weighted by Crippen LogP contribution is -2.54. The monoisotopic (exact) mass is 345 g/mol. The maximum Gasteiger partial charge on any atom is 0.239 e. The molecule has 6 heteroatoms. The molecular formula is C17H32ClN3O2. The van der Waals surface area contributed by atoms with Crippen molar-refractivity contribution in [3.63, 3.8) is 0 Å². The summed E-state index contributed by atoms with van der Waals surface area (Å²) in [7, 11) is 1.69. The average molecular weight is 346 g/mol. The molecule has 0 spiro atoms. The molecular weight excluding hydrogens is 314 g/mol. The van der Waals surface area contributed by atoms with Gasteiger partial charge in [0.25, 0.3) is 0 Å². The van der Waals surface area contributed by atoms with Gasteiger partial charge in [0.1, 0.15) is 0 Å². The van der Waals surface area contributed by atoms with Gasteiger partial charge in [0.15, 0.2) is 0 Å². The van der Waals surface area contributed by atoms with Crippen molar-refractivity contribution in [3.05, 3.63) is 0 Å². The number of likely N-dealkylation sites (tertiary alicyclic amines) is 2. The fourth-order valence-corrected chi connectivity index (χ4v) is 3.76. The van der Waals surface area contributed by atoms with E-state index in [1.807, 2.05) is 4.90 Å². The first-order valence-corrected chi connectivity index (χ1v) is 8.80. The second-order valence-corrected chi connectivity index (χ2v) is 7.04. The second-order valence-electron chi connectivity index (χ2n) is 7.04. The van der Waals surface area contributed by atoms with Gasteiger partial charge in [-0.15, -0.1) is 12.4 Å². The molecule has 2 rings (SSSR count). The molecule has 2 fully saturated rings. The molecule has 134 valence electrons. The average Bonchev–Trinajstić information content (AvgIpc) is 3.01. The number of carbonyl (C=O) groups excluding carboxylic acids is 2. The molecule has 0 aliphatic carbocycles. The van der Waals surface area contributed by atoms with E-state index in [-0.39, 0.29) is 36.3 Å². The fourth-order valence-electron chi connectivity index (χ4n) is 3.76. The summed E-state index contributed by atoms with van der Waals surface area (Å²) < 4.78 is 0. The topological polar surface area (TPSA) is 52.7 Å². The Balaban J connectivity index is 0.00000264. The fraction of sp³-hybridized carbons (Fsp3) is 0.882. The minimum Gasteiger partial charge on any atom is -0.358 e. The Morgan fingerprint density at radius 3 is 2.30 bits per heavy atom. The molecule has 0 bridgehead atoms. The molecule has 1 N–H and O–H groups in total. The molecule has 2 heterocycles. The van der Waals surface area contributed by atoms with Crippen LogP contribution in [0.3, 0.4) is 0 Å². The summed E-state index contributed by atoms with van der Waals surface area (Å²) in [4.78, 5) is 29.3. The van der Waals surface area contributed by atoms with Crippen molar-refractivity contribution < 1.29 is 9.59 Å². The Morgan fingerprint density at radius 1 is 1.09 bits per heavy atom. The third-order valence-electron chi connectivity index (χ3n) is 4.89. The van der Waals surface area contributed by atoms with Crippen LogP contribution in [0, 0.1) is 5.92 Å². The SMILES string of the molecule is CNC(=O)[C@@H](CC(C)C)N1CCC[C@H]1C(=O)N1CCCCC1.Cl. The third-order valence-corrected chi connectivity index (χ3v) is 4.89. The van der Waals surface area contributed by atoms with E-state index in [0.29, 0.717) is 5.92 Å². The molecule has 2 aliphatic heterocycles. The summed E-state index contributed by atoms with van der Waals surface area (Å²) in [5.41, 5.74) is 0. The first-order valence-electron chi connectivity index (χ1n) is 8.80. The van der Waals surface area contributed by atoms with Gasteiger partial charge in [0.05, 0.1) is 12.1 Å². The molecule has 2 saturated heterocycles. The lowest BCUT2D eigenvalue weighted by Gasteiger charge is -2.36. The van der Waals surface area contributed by atoms with Crippen LogP contribution in [-0.2, 0) is 9.59 Å². The molecule has 2 aliphatic rings. The summed E-state index contributed by atoms with van der Waals surface area (Å²) in [5.74, 6) is 0.732. The van der Waals surface area contributed by atoms with E-state index in [4.69, 9.17) is 0 Å². The Hall–Kier alpha value is -0.810. The van der Waals surface area contributed by atoms with Crippen LogP contribution in [0.4, 0.5) is 0 Å². The van der Waals surface area contributed by atoms with Gasteiger partial charge in [-0.05, 0) is 51.0 Å². The maximum atomic E-state index is 12.9. The minimum atomic E-state index is -0.175. The third kappa shape index (κ3) is 5.08. The number of hydrogen-bond donors (Lipinski definition) is 1. The Kier molecular flexibility index (Phi) is 8.34. The van der Waals surface area contributed by atoms with Gasteiger partial charge in [-0.3, -0.25) is 14.5 Å². The zero-order valence-electron chi connectivity index (χ0n) is 14.7. The van der Waals surface area contributed by atoms with E-state index >= 15 is 0 Å². The van der Waals surface area contributed by atoms with E-state index in [2.05, 4.69) is 24.1 Å². The second kappa shape index (κ2) is 9.48. The van der Waals surface area contributed by atoms with E-state index in [1.54, 1.807) is 7.05 Å². The molecule has 5 nitrogen and oxygen atoms in total. The number of likely N-dealkylation sites (N-methyl/N-ethyl adjacent to an activating group) is 1. The molecule has 23 heavy (non-hydrogen) atoms. The molecule has 0 aromatic heterocycles. The molecule has 0 radical (unpaired) electrons. The first-order chi connectivity index (χ1) is 10.5. The molecule has 0 aromatic carbocycles. The van der Waals surface area contributed by atoms with Crippen molar-refractivity contribution in [1.82, 2.24) is 15.1 Å². The minimum absolute atomic E-state index is 0. The van der Waals surface area contributed by atoms with Crippen LogP contribution in [0.25, 0.3) is 0 Å². The summed E-state index contributed by atoms with van der Waals surface area (Å²) in [6.07, 6.45) is 6.17. The molecule has 2 amide bonds. The van der Waals surface area contributed by atoms with Crippen LogP contribution in [-0.4, -0.2) is 60.4 Å². The van der Waals surface area contributed by atoms with Gasteiger partial charge in [-0.2, -0.15) is 0 Å². The van der Waals surface area contributed by atoms with Crippen LogP contribution >= 0.6 is 12.4 Å². The Bertz CT molecular complexity index is 397. The van der Waals surface area contributed by atoms with Crippen LogP contribution in [0.2, 0.25) is 0 Å². The van der Waals surface area contributed by atoms with E-state index < -0.39 is 0 Å². The van der Waals surface area contributed by atoms with Gasteiger partial charge in [-0.25, -0.2) is 0 Å². The van der Waals surface area contributed by atoms with Gasteiger partial charge < -0.3 is 10.2 Å². The predicted molar refractivity (Wildman–Crippen MR) is 94.7 cm³/mol. The van der Waals surface area contributed by atoms with Crippen molar-refractivity contribution in [2.24, 2.45) is 5.92 Å². The number of hydrogen-bond acceptors (Lipinski definition) is 3. The maximum absolute atomic E-state index is 12.9. The zero-order valence-corrected chi connectivity index (χ0v) is 15.5. The van der Waals surface area contributed by atoms with Gasteiger partial charge >= 0.3 is 0 Å². The van der Waals surface area contributed by atoms with Gasteiger partial charge in [0, 0.05) is 20.1 Å². The summed E-state index contributed by atoms with van der Waals surface area (Å²) >= 11 is 0. The highest BCUT2D eigenvalue weighted by Gasteiger charge is 2.40. The number of carbonyl (C=O) groups is 2. The number of halogens is 1. The standard InChI is InChI=1S/C17H31N3O2.ClH/c1-13(2)12-15(16(21)18-3)20-11-7-8-14(20)17(22)19-9-5-4-6-10-19;/h13-15H,4-12H2,1-3H3,(H,18,21);1H/t14-,15+;/m0./s1. The highest BCUT2D eigenvalue weighted by atomic mass is 35.5. The Morgan fingerprint density at radius 2 is 1.74 bits per heavy atom. The summed E-state index contributed by atoms with van der Waals surface area (Å²) in [5, 5.41) is 2.78. The smallest absolute Gasteiger partial charge is 0.239 e. The number of amides is 2. The van der Waals surface area contributed by atoms with Crippen LogP contribution in [0.1, 0.15) is 52.4 Å². The number of nitrogens with zero attached hydrogens (tertiary/aromatic N) is 2. The van der Waals surface area contributed by atoms with Crippen molar-refractivity contribution in [2.45, 2.75) is 64.5 Å². The number of piperidine rings is 1. The lowest BCUT2D eigenvalue weighted by atomic mass is 10.00. The van der Waals surface area contributed by atoms with E-state index in [9.17, 15) is 9.59 Å². The van der Waals surface area contributed by atoms with E-state index in [0.717, 1.165) is 51.7 Å². The van der Waals surface area contributed by atoms with Crippen molar-refractivity contribution in [1.29, 1.82) is 0 Å². The highest BCUT2D eigenvalue weighted by molar-refractivity contribution is 5.86. The van der Waals surface area contributed by atoms with Gasteiger partial charge in [0.2, 0.25) is 11.8 Å². The van der Waals surface area contributed by atoms with Gasteiger partial charge in [-0.1, -0.05) is 13.8 Å². The quantitative estimate of drug-likeness (QED) is 0.829. The van der Waals surface area contributed by atoms with Crippen molar-refractivity contribution in [3.8, 4) is 0 Å².